The van der Waals surface area contributed by atoms with Gasteiger partial charge in [0.15, 0.2) is 6.29 Å². The van der Waals surface area contributed by atoms with Crippen molar-refractivity contribution in [3.8, 4) is 0 Å². The van der Waals surface area contributed by atoms with E-state index in [4.69, 9.17) is 39.2 Å². The van der Waals surface area contributed by atoms with Crippen molar-refractivity contribution in [1.29, 1.82) is 0 Å². The average Bonchev–Trinajstić information content (AvgIpc) is 2.32. The molecule has 156 valence electrons. The van der Waals surface area contributed by atoms with Crippen molar-refractivity contribution < 1.29 is 44.0 Å². The zero-order valence-corrected chi connectivity index (χ0v) is 18.6. The number of aliphatic carboxylic acids is 3. The third kappa shape index (κ3) is 93.7. The number of carbonyl (C=O) groups is 4. The fraction of sp³-hybridized carbons (Fsp3) is 0.765. The average molecular weight is 406 g/mol. The number of Topliss-reactive ketones (excluding diaryl/α,β-unsaturated/α-hetero) is 1. The van der Waals surface area contributed by atoms with Crippen LogP contribution in [0.4, 0.5) is 0 Å². The van der Waals surface area contributed by atoms with Crippen LogP contribution < -0.4 is 15.3 Å². The van der Waals surface area contributed by atoms with Crippen molar-refractivity contribution in [2.45, 2.75) is 86.7 Å². The van der Waals surface area contributed by atoms with Crippen LogP contribution in [0.3, 0.4) is 0 Å². The van der Waals surface area contributed by atoms with Crippen LogP contribution in [0.5, 0.6) is 0 Å². The summed E-state index contributed by atoms with van der Waals surface area (Å²) in [6, 6.07) is 0. The fourth-order valence-corrected chi connectivity index (χ4v) is 1.10. The van der Waals surface area contributed by atoms with E-state index in [0.717, 1.165) is 20.8 Å². The van der Waals surface area contributed by atoms with E-state index in [-0.39, 0.29) is 41.6 Å². The van der Waals surface area contributed by atoms with Gasteiger partial charge in [0.25, 0.3) is 0 Å². The normalized spacial score (nSPS) is 8.85. The summed E-state index contributed by atoms with van der Waals surface area (Å²) < 4.78 is 11.1. The summed E-state index contributed by atoms with van der Waals surface area (Å²) in [5, 5.41) is 26.7. The van der Waals surface area contributed by atoms with Crippen LogP contribution in [-0.4, -0.2) is 59.6 Å². The summed E-state index contributed by atoms with van der Waals surface area (Å²) in [5.41, 5.74) is 0. The van der Waals surface area contributed by atoms with Gasteiger partial charge in [-0.25, -0.2) is 0 Å². The maximum absolute atomic E-state index is 10.8. The summed E-state index contributed by atoms with van der Waals surface area (Å²) >= 11 is 0. The second-order valence-electron chi connectivity index (χ2n) is 5.51. The molecule has 27 heavy (non-hydrogen) atoms. The van der Waals surface area contributed by atoms with Gasteiger partial charge in [0, 0.05) is 30.7 Å². The van der Waals surface area contributed by atoms with Crippen LogP contribution in [0.25, 0.3) is 0 Å². The summed E-state index contributed by atoms with van der Waals surface area (Å²) in [6.07, 6.45) is 1.17. The van der Waals surface area contributed by atoms with E-state index in [0.29, 0.717) is 12.8 Å². The quantitative estimate of drug-likeness (QED) is 0.359. The minimum atomic E-state index is -1.08. The number of carboxylic acid groups (broad SMARTS) is 3. The van der Waals surface area contributed by atoms with Gasteiger partial charge in [-0.05, 0) is 55.4 Å². The van der Waals surface area contributed by atoms with Gasteiger partial charge >= 0.3 is 17.4 Å². The largest absolute Gasteiger partial charge is 3.00 e. The summed E-state index contributed by atoms with van der Waals surface area (Å²) in [5.74, 6) is -3.07. The number of rotatable bonds is 7. The van der Waals surface area contributed by atoms with Crippen LogP contribution in [0.15, 0.2) is 0 Å². The number of hydrogen-bond donors (Lipinski definition) is 0. The Morgan fingerprint density at radius 1 is 0.704 bits per heavy atom. The number of carbonyl (C=O) groups excluding carboxylic acids is 4. The van der Waals surface area contributed by atoms with E-state index < -0.39 is 17.9 Å². The molecule has 0 bridgehead atoms. The van der Waals surface area contributed by atoms with Crippen LogP contribution in [0.2, 0.25) is 0 Å². The molecule has 0 unspecified atom stereocenters. The van der Waals surface area contributed by atoms with Crippen LogP contribution >= 0.6 is 0 Å². The first-order valence-electron chi connectivity index (χ1n) is 7.94. The predicted octanol–water partition coefficient (Wildman–Crippen LogP) is -1.58. The first kappa shape index (κ1) is 36.4. The van der Waals surface area contributed by atoms with Gasteiger partial charge in [-0.3, -0.25) is 0 Å². The Morgan fingerprint density at radius 2 is 0.926 bits per heavy atom. The molecule has 0 radical (unpaired) electrons. The molecule has 0 saturated heterocycles. The van der Waals surface area contributed by atoms with Gasteiger partial charge in [0.2, 0.25) is 0 Å². The van der Waals surface area contributed by atoms with Crippen molar-refractivity contribution in [2.24, 2.45) is 0 Å². The zero-order chi connectivity index (χ0) is 21.9. The monoisotopic (exact) mass is 406 g/mol. The predicted molar refractivity (Wildman–Crippen MR) is 93.9 cm³/mol. The van der Waals surface area contributed by atoms with E-state index in [2.05, 4.69) is 0 Å². The van der Waals surface area contributed by atoms with Gasteiger partial charge in [0.1, 0.15) is 5.78 Å². The molecule has 0 aliphatic carbocycles. The minimum absolute atomic E-state index is 0. The summed E-state index contributed by atoms with van der Waals surface area (Å²) in [7, 11) is 0. The molecule has 0 heterocycles. The van der Waals surface area contributed by atoms with E-state index >= 15 is 0 Å². The molecular formula is C17H31AlO9. The molecule has 0 saturated carbocycles. The van der Waals surface area contributed by atoms with Gasteiger partial charge in [-0.2, -0.15) is 0 Å². The van der Waals surface area contributed by atoms with Crippen LogP contribution in [-0.2, 0) is 28.7 Å². The van der Waals surface area contributed by atoms with Crippen LogP contribution in [0.1, 0.15) is 68.2 Å². The van der Waals surface area contributed by atoms with Crippen molar-refractivity contribution in [3.05, 3.63) is 0 Å². The molecule has 0 aliphatic rings. The maximum Gasteiger partial charge on any atom is 3.00 e. The smallest absolute Gasteiger partial charge is 0.550 e. The van der Waals surface area contributed by atoms with Crippen molar-refractivity contribution >= 4 is 41.1 Å². The Kier molecular flexibility index (Phi) is 33.1. The fourth-order valence-electron chi connectivity index (χ4n) is 1.10. The SMILES string of the molecule is CC(=O)CCC(OC(C)C)OC(C)C.CC(=O)[O-].CC(=O)[O-].CC(=O)[O-].[Al+3]. The Balaban J connectivity index is -0.000000102. The number of hydrogen-bond acceptors (Lipinski definition) is 9. The number of ketones is 1. The molecule has 0 spiro atoms. The molecule has 0 atom stereocenters. The molecule has 10 heteroatoms. The molecule has 0 aromatic carbocycles. The third-order valence-electron chi connectivity index (χ3n) is 1.58. The Morgan fingerprint density at radius 3 is 1.07 bits per heavy atom. The Bertz CT molecular complexity index is 345. The molecule has 0 aliphatic heterocycles. The van der Waals surface area contributed by atoms with Crippen molar-refractivity contribution in [3.63, 3.8) is 0 Å². The molecule has 0 amide bonds. The van der Waals surface area contributed by atoms with Crippen LogP contribution in [0, 0.1) is 0 Å². The second-order valence-corrected chi connectivity index (χ2v) is 5.51. The third-order valence-corrected chi connectivity index (χ3v) is 1.58. The Labute approximate surface area is 172 Å². The van der Waals surface area contributed by atoms with Gasteiger partial charge < -0.3 is 44.0 Å². The van der Waals surface area contributed by atoms with Crippen molar-refractivity contribution in [1.82, 2.24) is 0 Å². The molecule has 9 nitrogen and oxygen atoms in total. The molecular weight excluding hydrogens is 375 g/mol. The second kappa shape index (κ2) is 24.5. The summed E-state index contributed by atoms with van der Waals surface area (Å²) in [4.78, 5) is 37.5. The first-order chi connectivity index (χ1) is 11.6. The number of ether oxygens (including phenoxy) is 2. The van der Waals surface area contributed by atoms with Gasteiger partial charge in [-0.1, -0.05) is 0 Å². The molecule has 0 rings (SSSR count). The molecule has 0 N–H and O–H groups in total. The van der Waals surface area contributed by atoms with Crippen molar-refractivity contribution in [2.75, 3.05) is 0 Å². The number of carboxylic acids is 3. The first-order valence-corrected chi connectivity index (χ1v) is 7.94. The summed E-state index contributed by atoms with van der Waals surface area (Å²) in [6.45, 7) is 12.4. The van der Waals surface area contributed by atoms with E-state index in [1.54, 1.807) is 6.92 Å². The maximum atomic E-state index is 10.8. The van der Waals surface area contributed by atoms with Gasteiger partial charge in [-0.15, -0.1) is 0 Å². The van der Waals surface area contributed by atoms with E-state index in [1.807, 2.05) is 27.7 Å². The zero-order valence-electron chi connectivity index (χ0n) is 17.4. The molecule has 0 fully saturated rings. The standard InChI is InChI=1S/C11H22O3.3C2H4O2.Al/c1-8(2)13-11(14-9(3)4)7-6-10(5)12;3*1-2(3)4;/h8-9,11H,6-7H2,1-5H3;3*1H3,(H,3,4);/q;;;;+3/p-3. The Hall–Kier alpha value is -1.47. The van der Waals surface area contributed by atoms with Gasteiger partial charge in [0.05, 0.1) is 12.2 Å². The van der Waals surface area contributed by atoms with E-state index in [9.17, 15) is 4.79 Å². The minimum Gasteiger partial charge on any atom is -0.550 e. The van der Waals surface area contributed by atoms with E-state index in [1.165, 1.54) is 0 Å². The molecule has 0 aromatic rings. The topological polar surface area (TPSA) is 156 Å². The molecule has 0 aromatic heterocycles.